The molecule has 0 aromatic carbocycles. The third kappa shape index (κ3) is 2.84. The highest BCUT2D eigenvalue weighted by atomic mass is 32.2. The Morgan fingerprint density at radius 1 is 1.16 bits per heavy atom. The molecule has 0 spiro atoms. The predicted molar refractivity (Wildman–Crippen MR) is 95.1 cm³/mol. The fourth-order valence-electron chi connectivity index (χ4n) is 2.97. The van der Waals surface area contributed by atoms with E-state index in [1.54, 1.807) is 29.3 Å². The van der Waals surface area contributed by atoms with E-state index in [0.717, 1.165) is 0 Å². The van der Waals surface area contributed by atoms with Gasteiger partial charge in [-0.25, -0.2) is 13.4 Å². The van der Waals surface area contributed by atoms with Crippen LogP contribution in [0.3, 0.4) is 0 Å². The zero-order chi connectivity index (χ0) is 17.4. The Morgan fingerprint density at radius 2 is 1.96 bits per heavy atom. The lowest BCUT2D eigenvalue weighted by molar-refractivity contribution is 0.0703. The molecule has 3 aromatic heterocycles. The number of sulfonamides is 1. The smallest absolute Gasteiger partial charge is 0.264 e. The third-order valence-electron chi connectivity index (χ3n) is 4.29. The molecule has 0 atom stereocenters. The number of pyridine rings is 1. The van der Waals surface area contributed by atoms with E-state index in [0.29, 0.717) is 29.0 Å². The maximum absolute atomic E-state index is 12.9. The normalized spacial score (nSPS) is 16.4. The molecule has 0 aliphatic carbocycles. The van der Waals surface area contributed by atoms with Crippen molar-refractivity contribution in [2.45, 2.75) is 4.90 Å². The van der Waals surface area contributed by atoms with Crippen molar-refractivity contribution in [1.29, 1.82) is 0 Å². The van der Waals surface area contributed by atoms with Crippen LogP contribution >= 0.6 is 11.3 Å². The Labute approximate surface area is 149 Å². The number of aromatic amines is 1. The van der Waals surface area contributed by atoms with Gasteiger partial charge in [-0.15, -0.1) is 11.3 Å². The molecule has 1 aliphatic heterocycles. The monoisotopic (exact) mass is 376 g/mol. The number of nitrogens with zero attached hydrogens (tertiary/aromatic N) is 3. The minimum absolute atomic E-state index is 0.0386. The zero-order valence-corrected chi connectivity index (χ0v) is 14.9. The topological polar surface area (TPSA) is 86.4 Å². The van der Waals surface area contributed by atoms with Gasteiger partial charge in [0, 0.05) is 44.0 Å². The summed E-state index contributed by atoms with van der Waals surface area (Å²) in [6, 6.07) is 7.08. The first-order valence-corrected chi connectivity index (χ1v) is 10.1. The van der Waals surface area contributed by atoms with Crippen LogP contribution in [0.15, 0.2) is 46.9 Å². The molecule has 4 rings (SSSR count). The minimum Gasteiger partial charge on any atom is -0.345 e. The number of nitrogens with one attached hydrogen (secondary N) is 1. The van der Waals surface area contributed by atoms with E-state index in [1.165, 1.54) is 21.8 Å². The molecule has 0 unspecified atom stereocenters. The molecule has 130 valence electrons. The first-order valence-electron chi connectivity index (χ1n) is 7.82. The third-order valence-corrected chi connectivity index (χ3v) is 7.09. The van der Waals surface area contributed by atoms with Crippen LogP contribution in [0.4, 0.5) is 0 Å². The predicted octanol–water partition coefficient (Wildman–Crippen LogP) is 1.77. The highest BCUT2D eigenvalue weighted by Crippen LogP contribution is 2.25. The van der Waals surface area contributed by atoms with E-state index in [4.69, 9.17) is 0 Å². The van der Waals surface area contributed by atoms with Crippen molar-refractivity contribution in [3.05, 3.63) is 46.9 Å². The number of fused-ring (bicyclic) bond motifs is 1. The Hall–Kier alpha value is -2.23. The largest absolute Gasteiger partial charge is 0.345 e. The molecule has 0 bridgehead atoms. The summed E-state index contributed by atoms with van der Waals surface area (Å²) in [5.74, 6) is -0.0386. The van der Waals surface area contributed by atoms with E-state index < -0.39 is 10.0 Å². The van der Waals surface area contributed by atoms with E-state index in [-0.39, 0.29) is 23.9 Å². The van der Waals surface area contributed by atoms with Gasteiger partial charge in [0.2, 0.25) is 10.0 Å². The van der Waals surface area contributed by atoms with Crippen molar-refractivity contribution >= 4 is 38.3 Å². The second kappa shape index (κ2) is 6.25. The molecular formula is C16H16N4O3S2. The summed E-state index contributed by atoms with van der Waals surface area (Å²) >= 11 is 1.40. The summed E-state index contributed by atoms with van der Waals surface area (Å²) in [5, 5.41) is 2.44. The number of carbonyl (C=O) groups excluding carboxylic acids is 1. The van der Waals surface area contributed by atoms with Crippen LogP contribution in [0.2, 0.25) is 0 Å². The number of aromatic nitrogens is 2. The molecule has 4 heterocycles. The van der Waals surface area contributed by atoms with E-state index in [9.17, 15) is 13.2 Å². The minimum atomic E-state index is -3.62. The van der Waals surface area contributed by atoms with E-state index in [1.807, 2.05) is 11.4 Å². The van der Waals surface area contributed by atoms with Crippen LogP contribution in [0.5, 0.6) is 0 Å². The molecule has 1 saturated heterocycles. The lowest BCUT2D eigenvalue weighted by Gasteiger charge is -2.33. The van der Waals surface area contributed by atoms with Gasteiger partial charge in [0.1, 0.15) is 10.5 Å². The first kappa shape index (κ1) is 16.2. The molecule has 25 heavy (non-hydrogen) atoms. The van der Waals surface area contributed by atoms with Gasteiger partial charge in [0.25, 0.3) is 5.91 Å². The molecule has 0 saturated carbocycles. The average molecular weight is 376 g/mol. The standard InChI is InChI=1S/C16H16N4O3S2/c21-16(13-4-2-10-24-13)19-6-8-20(9-7-19)25(22,23)14-11-18-15-12(14)3-1-5-17-15/h1-5,10-11H,6-9H2,(H,17,18). The maximum atomic E-state index is 12.9. The molecular weight excluding hydrogens is 360 g/mol. The van der Waals surface area contributed by atoms with Crippen molar-refractivity contribution in [3.8, 4) is 0 Å². The number of H-pyrrole nitrogens is 1. The SMILES string of the molecule is O=C(c1cccs1)N1CCN(S(=O)(=O)c2c[nH]c3ncccc23)CC1. The van der Waals surface area contributed by atoms with E-state index in [2.05, 4.69) is 9.97 Å². The van der Waals surface area contributed by atoms with Gasteiger partial charge in [-0.1, -0.05) is 6.07 Å². The Kier molecular flexibility index (Phi) is 4.06. The van der Waals surface area contributed by atoms with Crippen LogP contribution in [-0.2, 0) is 10.0 Å². The number of thiophene rings is 1. The van der Waals surface area contributed by atoms with Crippen LogP contribution in [-0.4, -0.2) is 59.7 Å². The van der Waals surface area contributed by atoms with Crippen molar-refractivity contribution < 1.29 is 13.2 Å². The Balaban J connectivity index is 1.53. The molecule has 1 N–H and O–H groups in total. The number of rotatable bonds is 3. The molecule has 1 amide bonds. The van der Waals surface area contributed by atoms with Crippen LogP contribution in [0, 0.1) is 0 Å². The average Bonchev–Trinajstić information content (AvgIpc) is 3.31. The number of hydrogen-bond acceptors (Lipinski definition) is 5. The maximum Gasteiger partial charge on any atom is 0.264 e. The highest BCUT2D eigenvalue weighted by Gasteiger charge is 2.32. The van der Waals surface area contributed by atoms with Gasteiger partial charge in [-0.05, 0) is 23.6 Å². The van der Waals surface area contributed by atoms with E-state index >= 15 is 0 Å². The number of piperazine rings is 1. The molecule has 1 aliphatic rings. The number of carbonyl (C=O) groups is 1. The number of amides is 1. The van der Waals surface area contributed by atoms with Gasteiger partial charge < -0.3 is 9.88 Å². The summed E-state index contributed by atoms with van der Waals surface area (Å²) in [7, 11) is -3.62. The van der Waals surface area contributed by atoms with Crippen LogP contribution < -0.4 is 0 Å². The van der Waals surface area contributed by atoms with Crippen molar-refractivity contribution in [2.24, 2.45) is 0 Å². The van der Waals surface area contributed by atoms with Gasteiger partial charge in [0.15, 0.2) is 0 Å². The Bertz CT molecular complexity index is 1000. The first-order chi connectivity index (χ1) is 12.1. The molecule has 0 radical (unpaired) electrons. The fraction of sp³-hybridized carbons (Fsp3) is 0.250. The molecule has 3 aromatic rings. The van der Waals surface area contributed by atoms with Crippen molar-refractivity contribution in [3.63, 3.8) is 0 Å². The lowest BCUT2D eigenvalue weighted by Crippen LogP contribution is -2.50. The molecule has 1 fully saturated rings. The second-order valence-corrected chi connectivity index (χ2v) is 8.58. The van der Waals surface area contributed by atoms with Crippen LogP contribution in [0.25, 0.3) is 11.0 Å². The zero-order valence-electron chi connectivity index (χ0n) is 13.3. The fourth-order valence-corrected chi connectivity index (χ4v) is 5.23. The van der Waals surface area contributed by atoms with Gasteiger partial charge in [-0.2, -0.15) is 4.31 Å². The quantitative estimate of drug-likeness (QED) is 0.755. The summed E-state index contributed by atoms with van der Waals surface area (Å²) in [6.45, 7) is 1.34. The number of hydrogen-bond donors (Lipinski definition) is 1. The summed E-state index contributed by atoms with van der Waals surface area (Å²) in [4.78, 5) is 22.0. The molecule has 7 nitrogen and oxygen atoms in total. The van der Waals surface area contributed by atoms with Gasteiger partial charge in [-0.3, -0.25) is 4.79 Å². The summed E-state index contributed by atoms with van der Waals surface area (Å²) in [6.07, 6.45) is 3.10. The summed E-state index contributed by atoms with van der Waals surface area (Å²) in [5.41, 5.74) is 0.549. The van der Waals surface area contributed by atoms with Crippen molar-refractivity contribution in [2.75, 3.05) is 26.2 Å². The lowest BCUT2D eigenvalue weighted by atomic mass is 10.3. The second-order valence-electron chi connectivity index (χ2n) is 5.73. The van der Waals surface area contributed by atoms with Crippen LogP contribution in [0.1, 0.15) is 9.67 Å². The van der Waals surface area contributed by atoms with Gasteiger partial charge >= 0.3 is 0 Å². The summed E-state index contributed by atoms with van der Waals surface area (Å²) < 4.78 is 27.3. The highest BCUT2D eigenvalue weighted by molar-refractivity contribution is 7.89. The van der Waals surface area contributed by atoms with Gasteiger partial charge in [0.05, 0.1) is 4.88 Å². The Morgan fingerprint density at radius 3 is 2.68 bits per heavy atom. The molecule has 9 heteroatoms. The van der Waals surface area contributed by atoms with Crippen molar-refractivity contribution in [1.82, 2.24) is 19.2 Å².